The van der Waals surface area contributed by atoms with Crippen LogP contribution in [0.25, 0.3) is 0 Å². The molecule has 128 valence electrons. The number of rotatable bonds is 7. The van der Waals surface area contributed by atoms with E-state index in [1.807, 2.05) is 10.3 Å². The molecule has 0 radical (unpaired) electrons. The zero-order valence-corrected chi connectivity index (χ0v) is 15.1. The maximum Gasteiger partial charge on any atom is 0.222 e. The molecule has 1 aliphatic heterocycles. The van der Waals surface area contributed by atoms with Crippen molar-refractivity contribution in [2.24, 2.45) is 5.73 Å². The van der Waals surface area contributed by atoms with E-state index in [0.29, 0.717) is 26.1 Å². The predicted octanol–water partition coefficient (Wildman–Crippen LogP) is 2.80. The topological polar surface area (TPSA) is 68.5 Å². The summed E-state index contributed by atoms with van der Waals surface area (Å²) in [5.74, 6) is 0.239. The number of nitrogens with zero attached hydrogens (tertiary/aromatic N) is 2. The molecule has 1 atom stereocenters. The van der Waals surface area contributed by atoms with E-state index in [1.165, 1.54) is 0 Å². The van der Waals surface area contributed by atoms with Gasteiger partial charge in [0, 0.05) is 24.5 Å². The Hall–Kier alpha value is -0.400. The summed E-state index contributed by atoms with van der Waals surface area (Å²) in [6.45, 7) is 2.68. The third-order valence-electron chi connectivity index (χ3n) is 3.49. The van der Waals surface area contributed by atoms with Crippen molar-refractivity contribution in [2.75, 3.05) is 26.2 Å². The second-order valence-corrected chi connectivity index (χ2v) is 5.95. The second-order valence-electron chi connectivity index (χ2n) is 5.02. The third kappa shape index (κ3) is 6.79. The quantitative estimate of drug-likeness (QED) is 0.750. The van der Waals surface area contributed by atoms with Gasteiger partial charge >= 0.3 is 0 Å². The molecule has 1 aromatic heterocycles. The van der Waals surface area contributed by atoms with Crippen LogP contribution in [-0.4, -0.2) is 42.0 Å². The van der Waals surface area contributed by atoms with Crippen molar-refractivity contribution < 1.29 is 9.53 Å². The number of hydrogen-bond acceptors (Lipinski definition) is 5. The summed E-state index contributed by atoms with van der Waals surface area (Å²) < 4.78 is 5.70. The summed E-state index contributed by atoms with van der Waals surface area (Å²) in [5.41, 5.74) is 5.46. The first kappa shape index (κ1) is 21.6. The highest BCUT2D eigenvalue weighted by molar-refractivity contribution is 7.09. The number of nitrogens with two attached hydrogens (primary N) is 1. The molecule has 2 N–H and O–H groups in total. The van der Waals surface area contributed by atoms with Crippen LogP contribution in [0.2, 0.25) is 0 Å². The molecular weight excluding hydrogens is 345 g/mol. The molecule has 1 aliphatic rings. The average Bonchev–Trinajstić information content (AvgIpc) is 3.01. The molecule has 5 nitrogen and oxygen atoms in total. The van der Waals surface area contributed by atoms with Crippen LogP contribution in [0.5, 0.6) is 0 Å². The Morgan fingerprint density at radius 3 is 2.82 bits per heavy atom. The van der Waals surface area contributed by atoms with Gasteiger partial charge in [0.2, 0.25) is 5.91 Å². The molecule has 2 heterocycles. The summed E-state index contributed by atoms with van der Waals surface area (Å²) in [4.78, 5) is 18.4. The van der Waals surface area contributed by atoms with Crippen LogP contribution in [0.1, 0.15) is 43.2 Å². The standard InChI is InChI=1S/C14H23N3O2S.2ClH/c15-6-4-2-1-3-5-13(18)17-8-9-19-12(11-17)14-16-7-10-20-14;;/h7,10,12H,1-6,8-9,11,15H2;2*1H. The Bertz CT molecular complexity index is 407. The van der Waals surface area contributed by atoms with Gasteiger partial charge in [-0.05, 0) is 19.4 Å². The van der Waals surface area contributed by atoms with Gasteiger partial charge in [-0.2, -0.15) is 0 Å². The van der Waals surface area contributed by atoms with E-state index in [1.54, 1.807) is 17.5 Å². The second kappa shape index (κ2) is 12.1. The lowest BCUT2D eigenvalue weighted by atomic mass is 10.1. The smallest absolute Gasteiger partial charge is 0.222 e. The Balaban J connectivity index is 0.00000220. The van der Waals surface area contributed by atoms with Crippen LogP contribution >= 0.6 is 36.2 Å². The minimum atomic E-state index is -0.0510. The molecule has 0 aromatic carbocycles. The van der Waals surface area contributed by atoms with E-state index < -0.39 is 0 Å². The number of halogens is 2. The molecule has 1 amide bonds. The first-order valence-corrected chi connectivity index (χ1v) is 8.18. The van der Waals surface area contributed by atoms with Crippen molar-refractivity contribution >= 4 is 42.1 Å². The number of amides is 1. The Morgan fingerprint density at radius 1 is 1.36 bits per heavy atom. The molecule has 8 heteroatoms. The number of carbonyl (C=O) groups is 1. The van der Waals surface area contributed by atoms with Gasteiger partial charge < -0.3 is 15.4 Å². The molecule has 2 rings (SSSR count). The lowest BCUT2D eigenvalue weighted by Crippen LogP contribution is -2.42. The van der Waals surface area contributed by atoms with Gasteiger partial charge in [0.1, 0.15) is 11.1 Å². The molecule has 1 aromatic rings. The number of aromatic nitrogens is 1. The van der Waals surface area contributed by atoms with Gasteiger partial charge in [-0.1, -0.05) is 12.8 Å². The maximum absolute atomic E-state index is 12.2. The number of carbonyl (C=O) groups excluding carboxylic acids is 1. The van der Waals surface area contributed by atoms with E-state index in [-0.39, 0.29) is 36.8 Å². The molecule has 0 aliphatic carbocycles. The maximum atomic E-state index is 12.2. The van der Waals surface area contributed by atoms with Crippen molar-refractivity contribution in [1.29, 1.82) is 0 Å². The lowest BCUT2D eigenvalue weighted by molar-refractivity contribution is -0.139. The van der Waals surface area contributed by atoms with E-state index in [2.05, 4.69) is 4.98 Å². The Labute approximate surface area is 148 Å². The molecular formula is C14H25Cl2N3O2S. The number of unbranched alkanes of at least 4 members (excludes halogenated alkanes) is 3. The normalized spacial score (nSPS) is 17.5. The van der Waals surface area contributed by atoms with Crippen LogP contribution in [0.3, 0.4) is 0 Å². The van der Waals surface area contributed by atoms with Crippen LogP contribution < -0.4 is 5.73 Å². The third-order valence-corrected chi connectivity index (χ3v) is 4.36. The van der Waals surface area contributed by atoms with E-state index in [0.717, 1.165) is 37.2 Å². The van der Waals surface area contributed by atoms with Gasteiger partial charge in [0.15, 0.2) is 0 Å². The van der Waals surface area contributed by atoms with Gasteiger partial charge in [-0.25, -0.2) is 4.98 Å². The van der Waals surface area contributed by atoms with Gasteiger partial charge in [0.05, 0.1) is 13.2 Å². The lowest BCUT2D eigenvalue weighted by Gasteiger charge is -2.32. The predicted molar refractivity (Wildman–Crippen MR) is 94.0 cm³/mol. The highest BCUT2D eigenvalue weighted by Crippen LogP contribution is 2.24. The first-order valence-electron chi connectivity index (χ1n) is 7.30. The fraction of sp³-hybridized carbons (Fsp3) is 0.714. The van der Waals surface area contributed by atoms with Crippen molar-refractivity contribution in [3.05, 3.63) is 16.6 Å². The van der Waals surface area contributed by atoms with Crippen molar-refractivity contribution in [3.63, 3.8) is 0 Å². The molecule has 0 saturated carbocycles. The molecule has 1 saturated heterocycles. The average molecular weight is 370 g/mol. The molecule has 1 unspecified atom stereocenters. The van der Waals surface area contributed by atoms with E-state index >= 15 is 0 Å². The van der Waals surface area contributed by atoms with Crippen LogP contribution in [0.4, 0.5) is 0 Å². The fourth-order valence-corrected chi connectivity index (χ4v) is 3.03. The highest BCUT2D eigenvalue weighted by Gasteiger charge is 2.26. The summed E-state index contributed by atoms with van der Waals surface area (Å²) in [6, 6.07) is 0. The number of hydrogen-bond donors (Lipinski definition) is 1. The summed E-state index contributed by atoms with van der Waals surface area (Å²) in [6.07, 6.45) is 6.58. The zero-order valence-electron chi connectivity index (χ0n) is 12.6. The van der Waals surface area contributed by atoms with Gasteiger partial charge in [-0.3, -0.25) is 4.79 Å². The summed E-state index contributed by atoms with van der Waals surface area (Å²) >= 11 is 1.58. The number of morpholine rings is 1. The van der Waals surface area contributed by atoms with Crippen LogP contribution in [0, 0.1) is 0 Å². The Morgan fingerprint density at radius 2 is 2.14 bits per heavy atom. The van der Waals surface area contributed by atoms with Crippen molar-refractivity contribution in [2.45, 2.75) is 38.2 Å². The van der Waals surface area contributed by atoms with Crippen LogP contribution in [-0.2, 0) is 9.53 Å². The molecule has 1 fully saturated rings. The minimum Gasteiger partial charge on any atom is -0.367 e. The Kier molecular flexibility index (Phi) is 11.9. The first-order chi connectivity index (χ1) is 9.81. The van der Waals surface area contributed by atoms with E-state index in [9.17, 15) is 4.79 Å². The largest absolute Gasteiger partial charge is 0.367 e. The minimum absolute atomic E-state index is 0. The van der Waals surface area contributed by atoms with Crippen molar-refractivity contribution in [3.8, 4) is 0 Å². The number of ether oxygens (including phenoxy) is 1. The number of thiazole rings is 1. The van der Waals surface area contributed by atoms with Gasteiger partial charge in [-0.15, -0.1) is 36.2 Å². The molecule has 0 spiro atoms. The zero-order chi connectivity index (χ0) is 14.2. The SMILES string of the molecule is Cl.Cl.NCCCCCCC(=O)N1CCOC(c2nccs2)C1. The van der Waals surface area contributed by atoms with Gasteiger partial charge in [0.25, 0.3) is 0 Å². The fourth-order valence-electron chi connectivity index (χ4n) is 2.35. The summed E-state index contributed by atoms with van der Waals surface area (Å²) in [5, 5.41) is 2.90. The van der Waals surface area contributed by atoms with Crippen molar-refractivity contribution in [1.82, 2.24) is 9.88 Å². The highest BCUT2D eigenvalue weighted by atomic mass is 35.5. The summed E-state index contributed by atoms with van der Waals surface area (Å²) in [7, 11) is 0. The van der Waals surface area contributed by atoms with E-state index in [4.69, 9.17) is 10.5 Å². The molecule has 0 bridgehead atoms. The van der Waals surface area contributed by atoms with Crippen LogP contribution in [0.15, 0.2) is 11.6 Å². The monoisotopic (exact) mass is 369 g/mol. The molecule has 22 heavy (non-hydrogen) atoms.